The molecule has 0 aliphatic rings. The number of hydrogen-bond acceptors (Lipinski definition) is 5. The van der Waals surface area contributed by atoms with Crippen LogP contribution in [0.5, 0.6) is 0 Å². The maximum Gasteiger partial charge on any atom is 0.133 e. The van der Waals surface area contributed by atoms with Gasteiger partial charge in [0.15, 0.2) is 0 Å². The summed E-state index contributed by atoms with van der Waals surface area (Å²) < 4.78 is 12.1. The highest BCUT2D eigenvalue weighted by atomic mass is 16.5. The molecule has 0 unspecified atom stereocenters. The van der Waals surface area contributed by atoms with E-state index in [9.17, 15) is 0 Å². The Labute approximate surface area is 106 Å². The minimum absolute atomic E-state index is 0.679. The van der Waals surface area contributed by atoms with Gasteiger partial charge in [-0.25, -0.2) is 4.98 Å². The lowest BCUT2D eigenvalue weighted by Gasteiger charge is -2.06. The largest absolute Gasteiger partial charge is 0.383 e. The standard InChI is InChI=1S/C12H18N4O2/c1-10-7-11(15-18-10)9-16-5-3-14-12(16)8-13-4-6-17-2/h3,5,7,13H,4,6,8-9H2,1-2H3. The molecule has 0 radical (unpaired) electrons. The summed E-state index contributed by atoms with van der Waals surface area (Å²) in [6, 6.07) is 1.93. The van der Waals surface area contributed by atoms with Crippen molar-refractivity contribution in [1.29, 1.82) is 0 Å². The first-order chi connectivity index (χ1) is 8.79. The molecule has 2 heterocycles. The minimum atomic E-state index is 0.679. The molecule has 0 aliphatic heterocycles. The van der Waals surface area contributed by atoms with Crippen LogP contribution in [-0.4, -0.2) is 35.0 Å². The maximum absolute atomic E-state index is 5.05. The van der Waals surface area contributed by atoms with Gasteiger partial charge >= 0.3 is 0 Å². The summed E-state index contributed by atoms with van der Waals surface area (Å²) in [5.41, 5.74) is 0.906. The summed E-state index contributed by atoms with van der Waals surface area (Å²) in [5.74, 6) is 1.80. The molecule has 2 rings (SSSR count). The second-order valence-corrected chi connectivity index (χ2v) is 4.07. The highest BCUT2D eigenvalue weighted by molar-refractivity contribution is 5.06. The van der Waals surface area contributed by atoms with Crippen LogP contribution >= 0.6 is 0 Å². The van der Waals surface area contributed by atoms with Gasteiger partial charge in [0.2, 0.25) is 0 Å². The molecule has 0 atom stereocenters. The number of imidazole rings is 1. The zero-order valence-electron chi connectivity index (χ0n) is 10.7. The Hall–Kier alpha value is -1.66. The van der Waals surface area contributed by atoms with Crippen LogP contribution in [0.1, 0.15) is 17.3 Å². The zero-order valence-corrected chi connectivity index (χ0v) is 10.7. The third-order valence-corrected chi connectivity index (χ3v) is 2.58. The number of methoxy groups -OCH3 is 1. The molecular formula is C12H18N4O2. The zero-order chi connectivity index (χ0) is 12.8. The van der Waals surface area contributed by atoms with E-state index in [1.807, 2.05) is 19.2 Å². The van der Waals surface area contributed by atoms with Crippen molar-refractivity contribution in [3.05, 3.63) is 35.7 Å². The predicted octanol–water partition coefficient (Wildman–Crippen LogP) is 0.964. The molecule has 0 saturated carbocycles. The van der Waals surface area contributed by atoms with Gasteiger partial charge in [0.25, 0.3) is 0 Å². The maximum atomic E-state index is 5.05. The van der Waals surface area contributed by atoms with Gasteiger partial charge in [-0.1, -0.05) is 5.16 Å². The van der Waals surface area contributed by atoms with Gasteiger partial charge in [-0.05, 0) is 6.92 Å². The average molecular weight is 250 g/mol. The summed E-state index contributed by atoms with van der Waals surface area (Å²) in [6.45, 7) is 4.79. The quantitative estimate of drug-likeness (QED) is 0.742. The third-order valence-electron chi connectivity index (χ3n) is 2.58. The number of hydrogen-bond donors (Lipinski definition) is 1. The summed E-state index contributed by atoms with van der Waals surface area (Å²) in [4.78, 5) is 4.32. The minimum Gasteiger partial charge on any atom is -0.383 e. The number of nitrogens with zero attached hydrogens (tertiary/aromatic N) is 3. The molecule has 98 valence electrons. The molecule has 0 saturated heterocycles. The van der Waals surface area contributed by atoms with Gasteiger partial charge in [-0.15, -0.1) is 0 Å². The predicted molar refractivity (Wildman–Crippen MR) is 66.2 cm³/mol. The van der Waals surface area contributed by atoms with Crippen molar-refractivity contribution >= 4 is 0 Å². The number of rotatable bonds is 7. The van der Waals surface area contributed by atoms with E-state index in [2.05, 4.69) is 20.0 Å². The van der Waals surface area contributed by atoms with Gasteiger partial charge in [-0.3, -0.25) is 0 Å². The Morgan fingerprint density at radius 3 is 3.11 bits per heavy atom. The fourth-order valence-electron chi connectivity index (χ4n) is 1.69. The van der Waals surface area contributed by atoms with Crippen molar-refractivity contribution in [2.24, 2.45) is 0 Å². The fourth-order valence-corrected chi connectivity index (χ4v) is 1.69. The molecular weight excluding hydrogens is 232 g/mol. The van der Waals surface area contributed by atoms with Crippen LogP contribution < -0.4 is 5.32 Å². The van der Waals surface area contributed by atoms with E-state index in [0.29, 0.717) is 19.7 Å². The van der Waals surface area contributed by atoms with Gasteiger partial charge < -0.3 is 19.1 Å². The topological polar surface area (TPSA) is 65.1 Å². The Kier molecular flexibility index (Phi) is 4.49. The van der Waals surface area contributed by atoms with Crippen molar-refractivity contribution in [3.63, 3.8) is 0 Å². The molecule has 6 heteroatoms. The number of nitrogens with one attached hydrogen (secondary N) is 1. The summed E-state index contributed by atoms with van der Waals surface area (Å²) in [5, 5.41) is 7.25. The SMILES string of the molecule is COCCNCc1nccn1Cc1cc(C)on1. The first kappa shape index (κ1) is 12.8. The molecule has 1 N–H and O–H groups in total. The molecule has 0 aliphatic carbocycles. The summed E-state index contributed by atoms with van der Waals surface area (Å²) in [7, 11) is 1.69. The molecule has 0 aromatic carbocycles. The summed E-state index contributed by atoms with van der Waals surface area (Å²) in [6.07, 6.45) is 3.73. The highest BCUT2D eigenvalue weighted by Gasteiger charge is 2.06. The van der Waals surface area contributed by atoms with Crippen molar-refractivity contribution < 1.29 is 9.26 Å². The van der Waals surface area contributed by atoms with Crippen LogP contribution in [-0.2, 0) is 17.8 Å². The summed E-state index contributed by atoms with van der Waals surface area (Å²) >= 11 is 0. The van der Waals surface area contributed by atoms with Crippen LogP contribution in [0.25, 0.3) is 0 Å². The second kappa shape index (κ2) is 6.32. The van der Waals surface area contributed by atoms with Crippen molar-refractivity contribution in [1.82, 2.24) is 20.0 Å². The highest BCUT2D eigenvalue weighted by Crippen LogP contribution is 2.06. The Bertz CT molecular complexity index is 478. The second-order valence-electron chi connectivity index (χ2n) is 4.07. The van der Waals surface area contributed by atoms with Gasteiger partial charge in [-0.2, -0.15) is 0 Å². The lowest BCUT2D eigenvalue weighted by atomic mass is 10.3. The Morgan fingerprint density at radius 1 is 1.50 bits per heavy atom. The fraction of sp³-hybridized carbons (Fsp3) is 0.500. The molecule has 6 nitrogen and oxygen atoms in total. The number of aromatic nitrogens is 3. The van der Waals surface area contributed by atoms with Crippen LogP contribution in [0, 0.1) is 6.92 Å². The van der Waals surface area contributed by atoms with Crippen LogP contribution in [0.15, 0.2) is 23.0 Å². The first-order valence-electron chi connectivity index (χ1n) is 5.91. The van der Waals surface area contributed by atoms with Crippen LogP contribution in [0.3, 0.4) is 0 Å². The smallest absolute Gasteiger partial charge is 0.133 e. The van der Waals surface area contributed by atoms with E-state index in [1.54, 1.807) is 13.3 Å². The van der Waals surface area contributed by atoms with Gasteiger partial charge in [0, 0.05) is 32.1 Å². The van der Waals surface area contributed by atoms with Crippen molar-refractivity contribution in [3.8, 4) is 0 Å². The van der Waals surface area contributed by atoms with E-state index >= 15 is 0 Å². The number of ether oxygens (including phenoxy) is 1. The molecule has 2 aromatic rings. The van der Waals surface area contributed by atoms with E-state index in [-0.39, 0.29) is 0 Å². The molecule has 0 fully saturated rings. The lowest BCUT2D eigenvalue weighted by Crippen LogP contribution is -2.21. The lowest BCUT2D eigenvalue weighted by molar-refractivity contribution is 0.199. The third kappa shape index (κ3) is 3.41. The van der Waals surface area contributed by atoms with E-state index in [0.717, 1.165) is 23.8 Å². The van der Waals surface area contributed by atoms with Gasteiger partial charge in [0.1, 0.15) is 17.3 Å². The van der Waals surface area contributed by atoms with E-state index in [1.165, 1.54) is 0 Å². The molecule has 0 bridgehead atoms. The Morgan fingerprint density at radius 2 is 2.39 bits per heavy atom. The van der Waals surface area contributed by atoms with E-state index in [4.69, 9.17) is 9.26 Å². The molecule has 2 aromatic heterocycles. The molecule has 0 spiro atoms. The normalized spacial score (nSPS) is 11.0. The van der Waals surface area contributed by atoms with Gasteiger partial charge in [0.05, 0.1) is 19.7 Å². The number of aryl methyl sites for hydroxylation is 1. The molecule has 18 heavy (non-hydrogen) atoms. The first-order valence-corrected chi connectivity index (χ1v) is 5.91. The van der Waals surface area contributed by atoms with E-state index < -0.39 is 0 Å². The Balaban J connectivity index is 1.91. The van der Waals surface area contributed by atoms with Crippen molar-refractivity contribution in [2.45, 2.75) is 20.0 Å². The monoisotopic (exact) mass is 250 g/mol. The average Bonchev–Trinajstić information content (AvgIpc) is 2.95. The van der Waals surface area contributed by atoms with Crippen LogP contribution in [0.2, 0.25) is 0 Å². The van der Waals surface area contributed by atoms with Crippen molar-refractivity contribution in [2.75, 3.05) is 20.3 Å². The van der Waals surface area contributed by atoms with Crippen LogP contribution in [0.4, 0.5) is 0 Å². The molecule has 0 amide bonds.